The van der Waals surface area contributed by atoms with Crippen molar-refractivity contribution in [2.24, 2.45) is 0 Å². The van der Waals surface area contributed by atoms with Crippen LogP contribution in [0.2, 0.25) is 0 Å². The van der Waals surface area contributed by atoms with Crippen molar-refractivity contribution in [3.05, 3.63) is 23.3 Å². The molecule has 0 aliphatic carbocycles. The van der Waals surface area contributed by atoms with Gasteiger partial charge in [-0.3, -0.25) is 0 Å². The molecule has 1 aromatic rings. The van der Waals surface area contributed by atoms with Crippen LogP contribution in [0, 0.1) is 13.8 Å². The van der Waals surface area contributed by atoms with Crippen molar-refractivity contribution in [2.45, 2.75) is 39.8 Å². The molecule has 0 amide bonds. The number of fused-ring (bicyclic) bond motifs is 1. The van der Waals surface area contributed by atoms with Crippen molar-refractivity contribution in [1.82, 2.24) is 0 Å². The second kappa shape index (κ2) is 3.44. The maximum atomic E-state index is 3.59. The Balaban J connectivity index is 2.55. The van der Waals surface area contributed by atoms with Crippen molar-refractivity contribution in [1.29, 1.82) is 0 Å². The first-order chi connectivity index (χ1) is 7.00. The Labute approximate surface area is 92.3 Å². The van der Waals surface area contributed by atoms with E-state index in [4.69, 9.17) is 0 Å². The minimum Gasteiger partial charge on any atom is -0.379 e. The van der Waals surface area contributed by atoms with E-state index in [2.05, 4.69) is 57.1 Å². The van der Waals surface area contributed by atoms with E-state index in [1.54, 1.807) is 0 Å². The Morgan fingerprint density at radius 2 is 1.87 bits per heavy atom. The minimum atomic E-state index is 0.504. The molecule has 0 saturated carbocycles. The lowest BCUT2D eigenvalue weighted by molar-refractivity contribution is 0.586. The first-order valence-electron chi connectivity index (χ1n) is 5.61. The van der Waals surface area contributed by atoms with Gasteiger partial charge in [0.15, 0.2) is 0 Å². The second-order valence-electron chi connectivity index (χ2n) is 4.76. The van der Waals surface area contributed by atoms with Crippen LogP contribution in [-0.4, -0.2) is 19.1 Å². The minimum absolute atomic E-state index is 0.504. The SMILES string of the molecule is Cc1cc(C)c2c(c1)N(C)C(C)C(C)N2. The topological polar surface area (TPSA) is 15.3 Å². The fraction of sp³-hybridized carbons (Fsp3) is 0.538. The van der Waals surface area contributed by atoms with Gasteiger partial charge in [0.2, 0.25) is 0 Å². The van der Waals surface area contributed by atoms with Crippen molar-refractivity contribution in [3.63, 3.8) is 0 Å². The zero-order valence-corrected chi connectivity index (χ0v) is 10.3. The van der Waals surface area contributed by atoms with Crippen LogP contribution in [0.25, 0.3) is 0 Å². The van der Waals surface area contributed by atoms with Gasteiger partial charge in [0.25, 0.3) is 0 Å². The van der Waals surface area contributed by atoms with E-state index < -0.39 is 0 Å². The predicted molar refractivity (Wildman–Crippen MR) is 66.9 cm³/mol. The third-order valence-electron chi connectivity index (χ3n) is 3.55. The molecule has 2 atom stereocenters. The van der Waals surface area contributed by atoms with Crippen LogP contribution in [0.15, 0.2) is 12.1 Å². The molecular weight excluding hydrogens is 184 g/mol. The Morgan fingerprint density at radius 3 is 2.53 bits per heavy atom. The van der Waals surface area contributed by atoms with E-state index in [1.807, 2.05) is 0 Å². The van der Waals surface area contributed by atoms with Crippen LogP contribution >= 0.6 is 0 Å². The molecule has 15 heavy (non-hydrogen) atoms. The summed E-state index contributed by atoms with van der Waals surface area (Å²) in [5.41, 5.74) is 5.31. The smallest absolute Gasteiger partial charge is 0.0610 e. The van der Waals surface area contributed by atoms with Gasteiger partial charge < -0.3 is 10.2 Å². The van der Waals surface area contributed by atoms with Crippen LogP contribution < -0.4 is 10.2 Å². The number of rotatable bonds is 0. The molecule has 1 aliphatic heterocycles. The van der Waals surface area contributed by atoms with E-state index in [0.29, 0.717) is 12.1 Å². The van der Waals surface area contributed by atoms with Crippen molar-refractivity contribution >= 4 is 11.4 Å². The average molecular weight is 204 g/mol. The molecule has 0 aromatic heterocycles. The number of anilines is 2. The molecule has 0 spiro atoms. The fourth-order valence-corrected chi connectivity index (χ4v) is 2.31. The van der Waals surface area contributed by atoms with Gasteiger partial charge in [0.1, 0.15) is 0 Å². The van der Waals surface area contributed by atoms with Gasteiger partial charge in [0.05, 0.1) is 11.4 Å². The van der Waals surface area contributed by atoms with Crippen LogP contribution in [-0.2, 0) is 0 Å². The number of hydrogen-bond donors (Lipinski definition) is 1. The largest absolute Gasteiger partial charge is 0.379 e. The molecule has 0 fully saturated rings. The molecule has 0 radical (unpaired) electrons. The normalized spacial score (nSPS) is 24.7. The number of likely N-dealkylation sites (N-methyl/N-ethyl adjacent to an activating group) is 1. The number of aryl methyl sites for hydroxylation is 2. The Kier molecular flexibility index (Phi) is 2.37. The van der Waals surface area contributed by atoms with Crippen molar-refractivity contribution < 1.29 is 0 Å². The van der Waals surface area contributed by atoms with E-state index in [-0.39, 0.29) is 0 Å². The lowest BCUT2D eigenvalue weighted by atomic mass is 10.00. The molecule has 0 saturated heterocycles. The summed E-state index contributed by atoms with van der Waals surface area (Å²) < 4.78 is 0. The van der Waals surface area contributed by atoms with E-state index in [0.717, 1.165) is 0 Å². The quantitative estimate of drug-likeness (QED) is 0.699. The highest BCUT2D eigenvalue weighted by Crippen LogP contribution is 2.36. The second-order valence-corrected chi connectivity index (χ2v) is 4.76. The Hall–Kier alpha value is -1.18. The summed E-state index contributed by atoms with van der Waals surface area (Å²) in [7, 11) is 2.18. The number of nitrogens with one attached hydrogen (secondary N) is 1. The zero-order chi connectivity index (χ0) is 11.2. The average Bonchev–Trinajstić information content (AvgIpc) is 2.17. The van der Waals surface area contributed by atoms with Gasteiger partial charge in [-0.1, -0.05) is 6.07 Å². The molecule has 0 bridgehead atoms. The molecule has 2 heteroatoms. The molecule has 1 heterocycles. The third kappa shape index (κ3) is 1.58. The van der Waals surface area contributed by atoms with Crippen LogP contribution in [0.4, 0.5) is 11.4 Å². The maximum absolute atomic E-state index is 3.59. The molecule has 2 rings (SSSR count). The van der Waals surface area contributed by atoms with E-state index >= 15 is 0 Å². The zero-order valence-electron chi connectivity index (χ0n) is 10.3. The molecular formula is C13H20N2. The lowest BCUT2D eigenvalue weighted by Crippen LogP contribution is -2.45. The van der Waals surface area contributed by atoms with Gasteiger partial charge >= 0.3 is 0 Å². The number of benzene rings is 1. The van der Waals surface area contributed by atoms with Crippen LogP contribution in [0.5, 0.6) is 0 Å². The predicted octanol–water partition coefficient (Wildman–Crippen LogP) is 2.94. The highest BCUT2D eigenvalue weighted by atomic mass is 15.2. The standard InChI is InChI=1S/C13H20N2/c1-8-6-9(2)13-12(7-8)15(5)11(4)10(3)14-13/h6-7,10-11,14H,1-5H3. The van der Waals surface area contributed by atoms with Gasteiger partial charge in [-0.2, -0.15) is 0 Å². The van der Waals surface area contributed by atoms with E-state index in [1.165, 1.54) is 22.5 Å². The summed E-state index contributed by atoms with van der Waals surface area (Å²) in [6.45, 7) is 8.83. The summed E-state index contributed by atoms with van der Waals surface area (Å²) in [4.78, 5) is 2.37. The van der Waals surface area contributed by atoms with Gasteiger partial charge in [-0.25, -0.2) is 0 Å². The summed E-state index contributed by atoms with van der Waals surface area (Å²) in [6.07, 6.45) is 0. The monoisotopic (exact) mass is 204 g/mol. The number of nitrogens with zero attached hydrogens (tertiary/aromatic N) is 1. The molecule has 2 unspecified atom stereocenters. The van der Waals surface area contributed by atoms with Crippen LogP contribution in [0.3, 0.4) is 0 Å². The van der Waals surface area contributed by atoms with Crippen molar-refractivity contribution in [3.8, 4) is 0 Å². The molecule has 2 nitrogen and oxygen atoms in total. The summed E-state index contributed by atoms with van der Waals surface area (Å²) in [5.74, 6) is 0. The van der Waals surface area contributed by atoms with Gasteiger partial charge in [-0.05, 0) is 44.9 Å². The van der Waals surface area contributed by atoms with Crippen molar-refractivity contribution in [2.75, 3.05) is 17.3 Å². The number of hydrogen-bond acceptors (Lipinski definition) is 2. The highest BCUT2D eigenvalue weighted by Gasteiger charge is 2.26. The highest BCUT2D eigenvalue weighted by molar-refractivity contribution is 5.77. The molecule has 1 aliphatic rings. The van der Waals surface area contributed by atoms with E-state index in [9.17, 15) is 0 Å². The first kappa shape index (κ1) is 10.3. The molecule has 82 valence electrons. The lowest BCUT2D eigenvalue weighted by Gasteiger charge is -2.40. The van der Waals surface area contributed by atoms with Gasteiger partial charge in [0, 0.05) is 19.1 Å². The Morgan fingerprint density at radius 1 is 1.20 bits per heavy atom. The summed E-state index contributed by atoms with van der Waals surface area (Å²) in [6, 6.07) is 5.54. The summed E-state index contributed by atoms with van der Waals surface area (Å²) >= 11 is 0. The Bertz CT molecular complexity index is 384. The fourth-order valence-electron chi connectivity index (χ4n) is 2.31. The summed E-state index contributed by atoms with van der Waals surface area (Å²) in [5, 5.41) is 3.59. The first-order valence-corrected chi connectivity index (χ1v) is 5.61. The third-order valence-corrected chi connectivity index (χ3v) is 3.55. The molecule has 1 N–H and O–H groups in total. The van der Waals surface area contributed by atoms with Gasteiger partial charge in [-0.15, -0.1) is 0 Å². The van der Waals surface area contributed by atoms with Crippen LogP contribution in [0.1, 0.15) is 25.0 Å². The molecule has 1 aromatic carbocycles. The maximum Gasteiger partial charge on any atom is 0.0610 e.